The van der Waals surface area contributed by atoms with Crippen LogP contribution >= 0.6 is 0 Å². The summed E-state index contributed by atoms with van der Waals surface area (Å²) in [5.74, 6) is 0.182. The molecule has 1 fully saturated rings. The quantitative estimate of drug-likeness (QED) is 0.878. The minimum Gasteiger partial charge on any atom is -0.493 e. The lowest BCUT2D eigenvalue weighted by Crippen LogP contribution is -2.11. The zero-order valence-electron chi connectivity index (χ0n) is 10.6. The van der Waals surface area contributed by atoms with Crippen LogP contribution in [0.15, 0.2) is 18.2 Å². The molecule has 0 aromatic heterocycles. The third kappa shape index (κ3) is 3.43. The van der Waals surface area contributed by atoms with Gasteiger partial charge in [-0.1, -0.05) is 0 Å². The molecule has 100 valence electrons. The number of hydrogen-bond acceptors (Lipinski definition) is 3. The largest absolute Gasteiger partial charge is 0.493 e. The lowest BCUT2D eigenvalue weighted by atomic mass is 10.1. The molecule has 3 nitrogen and oxygen atoms in total. The van der Waals surface area contributed by atoms with Gasteiger partial charge in [0.15, 0.2) is 0 Å². The fraction of sp³-hybridized carbons (Fsp3) is 0.571. The molecule has 1 unspecified atom stereocenters. The Labute approximate surface area is 107 Å². The Morgan fingerprint density at radius 1 is 1.56 bits per heavy atom. The predicted octanol–water partition coefficient (Wildman–Crippen LogP) is 2.83. The maximum atomic E-state index is 13.1. The maximum Gasteiger partial charge on any atom is 0.125 e. The van der Waals surface area contributed by atoms with E-state index in [1.165, 1.54) is 12.1 Å². The Bertz CT molecular complexity index is 387. The lowest BCUT2D eigenvalue weighted by molar-refractivity contribution is 0.0896. The molecule has 1 saturated heterocycles. The zero-order chi connectivity index (χ0) is 13.0. The number of benzene rings is 1. The molecule has 1 heterocycles. The maximum absolute atomic E-state index is 13.1. The summed E-state index contributed by atoms with van der Waals surface area (Å²) >= 11 is 0. The van der Waals surface area contributed by atoms with Crippen LogP contribution in [-0.2, 0) is 4.74 Å². The van der Waals surface area contributed by atoms with Gasteiger partial charge in [-0.25, -0.2) is 4.39 Å². The summed E-state index contributed by atoms with van der Waals surface area (Å²) in [6.45, 7) is 2.96. The average Bonchev–Trinajstić information content (AvgIpc) is 2.84. The Kier molecular flexibility index (Phi) is 4.55. The van der Waals surface area contributed by atoms with Crippen LogP contribution in [0.2, 0.25) is 0 Å². The van der Waals surface area contributed by atoms with Crippen molar-refractivity contribution in [2.75, 3.05) is 13.2 Å². The summed E-state index contributed by atoms with van der Waals surface area (Å²) in [7, 11) is 0. The highest BCUT2D eigenvalue weighted by molar-refractivity contribution is 5.35. The summed E-state index contributed by atoms with van der Waals surface area (Å²) in [6, 6.07) is 4.21. The Morgan fingerprint density at radius 3 is 3.06 bits per heavy atom. The standard InChI is InChI=1S/C14H19FO3/c1-10(16)13-9-11(15)4-5-14(13)18-8-6-12-3-2-7-17-12/h4-5,9-10,12,16H,2-3,6-8H2,1H3/t10-,12?/m1/s1. The van der Waals surface area contributed by atoms with Gasteiger partial charge >= 0.3 is 0 Å². The van der Waals surface area contributed by atoms with E-state index in [1.54, 1.807) is 13.0 Å². The summed E-state index contributed by atoms with van der Waals surface area (Å²) in [4.78, 5) is 0. The predicted molar refractivity (Wildman–Crippen MR) is 66.1 cm³/mol. The van der Waals surface area contributed by atoms with E-state index in [9.17, 15) is 9.50 Å². The van der Waals surface area contributed by atoms with Crippen LogP contribution in [-0.4, -0.2) is 24.4 Å². The van der Waals surface area contributed by atoms with Crippen molar-refractivity contribution in [1.29, 1.82) is 0 Å². The van der Waals surface area contributed by atoms with E-state index in [-0.39, 0.29) is 11.9 Å². The monoisotopic (exact) mass is 254 g/mol. The topological polar surface area (TPSA) is 38.7 Å². The normalized spacial score (nSPS) is 20.9. The third-order valence-corrected chi connectivity index (χ3v) is 3.14. The van der Waals surface area contributed by atoms with Crippen molar-refractivity contribution < 1.29 is 19.0 Å². The van der Waals surface area contributed by atoms with Crippen molar-refractivity contribution in [2.45, 2.75) is 38.4 Å². The summed E-state index contributed by atoms with van der Waals surface area (Å²) < 4.78 is 24.2. The van der Waals surface area contributed by atoms with Gasteiger partial charge in [0.1, 0.15) is 11.6 Å². The Balaban J connectivity index is 1.91. The minimum absolute atomic E-state index is 0.278. The number of aliphatic hydroxyl groups excluding tert-OH is 1. The highest BCUT2D eigenvalue weighted by Crippen LogP contribution is 2.26. The molecule has 2 rings (SSSR count). The molecule has 0 aliphatic carbocycles. The van der Waals surface area contributed by atoms with Crippen molar-refractivity contribution in [3.63, 3.8) is 0 Å². The number of aliphatic hydroxyl groups is 1. The van der Waals surface area contributed by atoms with Gasteiger partial charge in [0.05, 0.1) is 18.8 Å². The van der Waals surface area contributed by atoms with Crippen molar-refractivity contribution in [3.8, 4) is 5.75 Å². The van der Waals surface area contributed by atoms with Gasteiger partial charge in [-0.3, -0.25) is 0 Å². The Morgan fingerprint density at radius 2 is 2.39 bits per heavy atom. The van der Waals surface area contributed by atoms with Crippen LogP contribution in [0, 0.1) is 5.82 Å². The zero-order valence-corrected chi connectivity index (χ0v) is 10.6. The Hall–Kier alpha value is -1.13. The van der Waals surface area contributed by atoms with E-state index in [4.69, 9.17) is 9.47 Å². The molecule has 1 aromatic rings. The summed E-state index contributed by atoms with van der Waals surface area (Å²) in [5.41, 5.74) is 0.488. The second-order valence-corrected chi connectivity index (χ2v) is 4.63. The number of ether oxygens (including phenoxy) is 2. The van der Waals surface area contributed by atoms with Crippen LogP contribution in [0.4, 0.5) is 4.39 Å². The van der Waals surface area contributed by atoms with E-state index >= 15 is 0 Å². The number of rotatable bonds is 5. The van der Waals surface area contributed by atoms with Gasteiger partial charge in [0.2, 0.25) is 0 Å². The first-order chi connectivity index (χ1) is 8.66. The van der Waals surface area contributed by atoms with E-state index in [1.807, 2.05) is 0 Å². The molecule has 18 heavy (non-hydrogen) atoms. The molecule has 0 saturated carbocycles. The van der Waals surface area contributed by atoms with Crippen LogP contribution < -0.4 is 4.74 Å². The van der Waals surface area contributed by atoms with Gasteiger partial charge in [-0.05, 0) is 38.0 Å². The van der Waals surface area contributed by atoms with Gasteiger partial charge in [-0.2, -0.15) is 0 Å². The molecular formula is C14H19FO3. The van der Waals surface area contributed by atoms with Crippen molar-refractivity contribution in [3.05, 3.63) is 29.6 Å². The summed E-state index contributed by atoms with van der Waals surface area (Å²) in [6.07, 6.45) is 2.56. The SMILES string of the molecule is C[C@@H](O)c1cc(F)ccc1OCCC1CCCO1. The minimum atomic E-state index is -0.738. The van der Waals surface area contributed by atoms with Crippen LogP contribution in [0.25, 0.3) is 0 Å². The molecule has 1 N–H and O–H groups in total. The molecule has 0 bridgehead atoms. The average molecular weight is 254 g/mol. The fourth-order valence-corrected chi connectivity index (χ4v) is 2.15. The van der Waals surface area contributed by atoms with Crippen LogP contribution in [0.5, 0.6) is 5.75 Å². The highest BCUT2D eigenvalue weighted by Gasteiger charge is 2.16. The number of hydrogen-bond donors (Lipinski definition) is 1. The molecule has 0 spiro atoms. The van der Waals surface area contributed by atoms with Crippen molar-refractivity contribution in [2.24, 2.45) is 0 Å². The van der Waals surface area contributed by atoms with Crippen molar-refractivity contribution >= 4 is 0 Å². The molecule has 1 aliphatic rings. The van der Waals surface area contributed by atoms with E-state index in [2.05, 4.69) is 0 Å². The van der Waals surface area contributed by atoms with Crippen LogP contribution in [0.3, 0.4) is 0 Å². The van der Waals surface area contributed by atoms with Crippen molar-refractivity contribution in [1.82, 2.24) is 0 Å². The third-order valence-electron chi connectivity index (χ3n) is 3.14. The fourth-order valence-electron chi connectivity index (χ4n) is 2.15. The lowest BCUT2D eigenvalue weighted by Gasteiger charge is -2.15. The summed E-state index contributed by atoms with van der Waals surface area (Å²) in [5, 5.41) is 9.57. The van der Waals surface area contributed by atoms with Gasteiger partial charge in [-0.15, -0.1) is 0 Å². The van der Waals surface area contributed by atoms with Gasteiger partial charge in [0.25, 0.3) is 0 Å². The molecule has 1 aromatic carbocycles. The first-order valence-electron chi connectivity index (χ1n) is 6.38. The first-order valence-corrected chi connectivity index (χ1v) is 6.38. The first kappa shape index (κ1) is 13.3. The smallest absolute Gasteiger partial charge is 0.125 e. The van der Waals surface area contributed by atoms with Gasteiger partial charge < -0.3 is 14.6 Å². The van der Waals surface area contributed by atoms with E-state index in [0.29, 0.717) is 17.9 Å². The molecular weight excluding hydrogens is 235 g/mol. The molecule has 2 atom stereocenters. The number of halogens is 1. The molecule has 0 radical (unpaired) electrons. The van der Waals surface area contributed by atoms with Crippen LogP contribution in [0.1, 0.15) is 37.9 Å². The molecule has 0 amide bonds. The molecule has 4 heteroatoms. The second kappa shape index (κ2) is 6.16. The van der Waals surface area contributed by atoms with E-state index < -0.39 is 6.10 Å². The molecule has 1 aliphatic heterocycles. The van der Waals surface area contributed by atoms with E-state index in [0.717, 1.165) is 25.9 Å². The second-order valence-electron chi connectivity index (χ2n) is 4.63. The van der Waals surface area contributed by atoms with Gasteiger partial charge in [0, 0.05) is 18.6 Å². The highest BCUT2D eigenvalue weighted by atomic mass is 19.1.